The lowest BCUT2D eigenvalue weighted by Gasteiger charge is -2.10. The van der Waals surface area contributed by atoms with Crippen molar-refractivity contribution in [1.82, 2.24) is 10.3 Å². The minimum absolute atomic E-state index is 0.0763. The first-order valence-corrected chi connectivity index (χ1v) is 10.7. The third-order valence-electron chi connectivity index (χ3n) is 3.87. The topological polar surface area (TPSA) is 84.2 Å². The van der Waals surface area contributed by atoms with Gasteiger partial charge in [0.2, 0.25) is 11.8 Å². The van der Waals surface area contributed by atoms with Gasteiger partial charge >= 0.3 is 0 Å². The maximum Gasteiger partial charge on any atom is 0.238 e. The summed E-state index contributed by atoms with van der Waals surface area (Å²) in [6, 6.07) is 13.7. The number of furan rings is 1. The highest BCUT2D eigenvalue weighted by molar-refractivity contribution is 7.99. The Labute approximate surface area is 171 Å². The molecular weight excluding hydrogens is 394 g/mol. The number of amides is 2. The normalized spacial score (nSPS) is 11.8. The van der Waals surface area contributed by atoms with Crippen LogP contribution in [0.15, 0.2) is 52.3 Å². The Morgan fingerprint density at radius 2 is 2.00 bits per heavy atom. The van der Waals surface area contributed by atoms with Crippen molar-refractivity contribution in [2.75, 3.05) is 5.32 Å². The van der Waals surface area contributed by atoms with Crippen molar-refractivity contribution in [2.45, 2.75) is 31.4 Å². The van der Waals surface area contributed by atoms with Gasteiger partial charge in [-0.1, -0.05) is 30.3 Å². The zero-order chi connectivity index (χ0) is 19.9. The molecule has 0 saturated heterocycles. The molecule has 6 nitrogen and oxygen atoms in total. The standard InChI is InChI=1S/C20H21N3O3S2/c1-13(27-11-15-6-4-3-5-7-15)19(25)23-20-22-17(12-28-20)18-9-8-16(26-18)10-21-14(2)24/h3-9,12-13H,10-11H2,1-2H3,(H,21,24)(H,22,23,25). The quantitative estimate of drug-likeness (QED) is 0.573. The highest BCUT2D eigenvalue weighted by Crippen LogP contribution is 2.27. The van der Waals surface area contributed by atoms with Gasteiger partial charge in [0.05, 0.1) is 11.8 Å². The molecule has 0 spiro atoms. The summed E-state index contributed by atoms with van der Waals surface area (Å²) in [5.74, 6) is 1.84. The number of hydrogen-bond acceptors (Lipinski definition) is 6. The van der Waals surface area contributed by atoms with Crippen LogP contribution in [-0.4, -0.2) is 22.0 Å². The van der Waals surface area contributed by atoms with Crippen molar-refractivity contribution in [2.24, 2.45) is 0 Å². The summed E-state index contributed by atoms with van der Waals surface area (Å²) in [4.78, 5) is 27.8. The number of carbonyl (C=O) groups is 2. The van der Waals surface area contributed by atoms with E-state index >= 15 is 0 Å². The van der Waals surface area contributed by atoms with Gasteiger partial charge in [0, 0.05) is 18.1 Å². The number of aromatic nitrogens is 1. The molecular formula is C20H21N3O3S2. The Balaban J connectivity index is 1.53. The number of nitrogens with zero attached hydrogens (tertiary/aromatic N) is 1. The molecule has 1 atom stereocenters. The number of hydrogen-bond donors (Lipinski definition) is 2. The molecule has 1 aromatic carbocycles. The molecule has 2 heterocycles. The molecule has 0 fully saturated rings. The lowest BCUT2D eigenvalue weighted by Crippen LogP contribution is -2.22. The average Bonchev–Trinajstić information content (AvgIpc) is 3.34. The van der Waals surface area contributed by atoms with Crippen molar-refractivity contribution >= 4 is 40.0 Å². The van der Waals surface area contributed by atoms with Gasteiger partial charge in [-0.05, 0) is 24.6 Å². The summed E-state index contributed by atoms with van der Waals surface area (Å²) in [6.07, 6.45) is 0. The first kappa shape index (κ1) is 20.2. The summed E-state index contributed by atoms with van der Waals surface area (Å²) in [5, 5.41) is 7.72. The number of nitrogens with one attached hydrogen (secondary N) is 2. The maximum atomic E-state index is 12.4. The molecule has 0 radical (unpaired) electrons. The van der Waals surface area contributed by atoms with E-state index in [-0.39, 0.29) is 17.1 Å². The van der Waals surface area contributed by atoms with E-state index in [1.54, 1.807) is 23.9 Å². The number of anilines is 1. The Kier molecular flexibility index (Phi) is 6.89. The largest absolute Gasteiger partial charge is 0.458 e. The second-order valence-corrected chi connectivity index (χ2v) is 8.33. The van der Waals surface area contributed by atoms with Crippen molar-refractivity contribution < 1.29 is 14.0 Å². The van der Waals surface area contributed by atoms with Crippen LogP contribution in [-0.2, 0) is 21.9 Å². The maximum absolute atomic E-state index is 12.4. The van der Waals surface area contributed by atoms with E-state index in [1.807, 2.05) is 42.6 Å². The first-order chi connectivity index (χ1) is 13.5. The predicted octanol–water partition coefficient (Wildman–Crippen LogP) is 4.30. The van der Waals surface area contributed by atoms with Crippen LogP contribution in [0.25, 0.3) is 11.5 Å². The molecule has 2 N–H and O–H groups in total. The number of rotatable bonds is 8. The summed E-state index contributed by atoms with van der Waals surface area (Å²) in [7, 11) is 0. The van der Waals surface area contributed by atoms with E-state index < -0.39 is 0 Å². The number of carbonyl (C=O) groups excluding carboxylic acids is 2. The molecule has 0 saturated carbocycles. The summed E-state index contributed by atoms with van der Waals surface area (Å²) >= 11 is 2.93. The third kappa shape index (κ3) is 5.71. The SMILES string of the molecule is CC(=O)NCc1ccc(-c2csc(NC(=O)C(C)SCc3ccccc3)n2)o1. The van der Waals surface area contributed by atoms with E-state index in [9.17, 15) is 9.59 Å². The van der Waals surface area contributed by atoms with E-state index in [0.717, 1.165) is 5.75 Å². The van der Waals surface area contributed by atoms with Gasteiger partial charge in [-0.25, -0.2) is 4.98 Å². The molecule has 146 valence electrons. The Hall–Kier alpha value is -2.58. The molecule has 2 amide bonds. The zero-order valence-electron chi connectivity index (χ0n) is 15.6. The highest BCUT2D eigenvalue weighted by Gasteiger charge is 2.16. The average molecular weight is 416 g/mol. The van der Waals surface area contributed by atoms with Gasteiger partial charge in [0.15, 0.2) is 10.9 Å². The van der Waals surface area contributed by atoms with Crippen LogP contribution in [0.4, 0.5) is 5.13 Å². The van der Waals surface area contributed by atoms with Gasteiger partial charge in [-0.2, -0.15) is 0 Å². The Morgan fingerprint density at radius 1 is 1.21 bits per heavy atom. The molecule has 0 aliphatic rings. The van der Waals surface area contributed by atoms with Gasteiger partial charge in [-0.3, -0.25) is 9.59 Å². The summed E-state index contributed by atoms with van der Waals surface area (Å²) in [5.41, 5.74) is 1.84. The Bertz CT molecular complexity index is 937. The fourth-order valence-corrected chi connectivity index (χ4v) is 3.89. The first-order valence-electron chi connectivity index (χ1n) is 8.76. The van der Waals surface area contributed by atoms with Crippen LogP contribution < -0.4 is 10.6 Å². The molecule has 3 rings (SSSR count). The minimum Gasteiger partial charge on any atom is -0.458 e. The molecule has 28 heavy (non-hydrogen) atoms. The minimum atomic E-state index is -0.194. The monoisotopic (exact) mass is 415 g/mol. The molecule has 2 aromatic heterocycles. The van der Waals surface area contributed by atoms with Crippen molar-refractivity contribution in [3.8, 4) is 11.5 Å². The fraction of sp³-hybridized carbons (Fsp3) is 0.250. The Morgan fingerprint density at radius 3 is 2.75 bits per heavy atom. The highest BCUT2D eigenvalue weighted by atomic mass is 32.2. The van der Waals surface area contributed by atoms with Crippen molar-refractivity contribution in [3.63, 3.8) is 0 Å². The second kappa shape index (κ2) is 9.57. The van der Waals surface area contributed by atoms with Crippen molar-refractivity contribution in [1.29, 1.82) is 0 Å². The molecule has 3 aromatic rings. The molecule has 8 heteroatoms. The molecule has 0 bridgehead atoms. The van der Waals surface area contributed by atoms with Gasteiger partial charge < -0.3 is 15.1 Å². The molecule has 0 aliphatic heterocycles. The van der Waals surface area contributed by atoms with Crippen LogP contribution in [0.5, 0.6) is 0 Å². The molecule has 1 unspecified atom stereocenters. The molecule has 0 aliphatic carbocycles. The van der Waals surface area contributed by atoms with Crippen LogP contribution in [0, 0.1) is 0 Å². The fourth-order valence-electron chi connectivity index (χ4n) is 2.34. The van der Waals surface area contributed by atoms with E-state index in [2.05, 4.69) is 15.6 Å². The van der Waals surface area contributed by atoms with E-state index in [1.165, 1.54) is 23.8 Å². The number of thioether (sulfide) groups is 1. The van der Waals surface area contributed by atoms with Gasteiger partial charge in [0.25, 0.3) is 0 Å². The van der Waals surface area contributed by atoms with Gasteiger partial charge in [-0.15, -0.1) is 23.1 Å². The van der Waals surface area contributed by atoms with Crippen LogP contribution in [0.1, 0.15) is 25.2 Å². The van der Waals surface area contributed by atoms with Crippen molar-refractivity contribution in [3.05, 3.63) is 59.2 Å². The van der Waals surface area contributed by atoms with Gasteiger partial charge in [0.1, 0.15) is 11.5 Å². The number of benzene rings is 1. The lowest BCUT2D eigenvalue weighted by molar-refractivity contribution is -0.119. The summed E-state index contributed by atoms with van der Waals surface area (Å²) in [6.45, 7) is 3.68. The zero-order valence-corrected chi connectivity index (χ0v) is 17.2. The van der Waals surface area contributed by atoms with Crippen LogP contribution >= 0.6 is 23.1 Å². The predicted molar refractivity (Wildman–Crippen MR) is 113 cm³/mol. The second-order valence-electron chi connectivity index (χ2n) is 6.14. The lowest BCUT2D eigenvalue weighted by atomic mass is 10.2. The van der Waals surface area contributed by atoms with Crippen LogP contribution in [0.2, 0.25) is 0 Å². The van der Waals surface area contributed by atoms with E-state index in [4.69, 9.17) is 4.42 Å². The van der Waals surface area contributed by atoms with Crippen LogP contribution in [0.3, 0.4) is 0 Å². The number of thiazole rings is 1. The third-order valence-corrected chi connectivity index (χ3v) is 5.84. The smallest absolute Gasteiger partial charge is 0.238 e. The van der Waals surface area contributed by atoms with E-state index in [0.29, 0.717) is 28.9 Å². The summed E-state index contributed by atoms with van der Waals surface area (Å²) < 4.78 is 5.69.